The molecule has 0 aliphatic heterocycles. The van der Waals surface area contributed by atoms with E-state index in [4.69, 9.17) is 12.2 Å². The number of hydrogen-bond donors (Lipinski definition) is 2. The van der Waals surface area contributed by atoms with Gasteiger partial charge in [-0.05, 0) is 55.0 Å². The zero-order valence-corrected chi connectivity index (χ0v) is 17.5. The second-order valence-corrected chi connectivity index (χ2v) is 7.74. The Balaban J connectivity index is 1.43. The molecule has 2 aromatic heterocycles. The van der Waals surface area contributed by atoms with Gasteiger partial charge in [0.2, 0.25) is 4.96 Å². The van der Waals surface area contributed by atoms with Crippen molar-refractivity contribution in [3.05, 3.63) is 65.5 Å². The van der Waals surface area contributed by atoms with Gasteiger partial charge < -0.3 is 5.32 Å². The summed E-state index contributed by atoms with van der Waals surface area (Å²) in [6.07, 6.45) is 0.777. The first kappa shape index (κ1) is 19.2. The van der Waals surface area contributed by atoms with Crippen molar-refractivity contribution in [2.75, 3.05) is 5.32 Å². The van der Waals surface area contributed by atoms with E-state index in [0.29, 0.717) is 5.56 Å². The Morgan fingerprint density at radius 1 is 1.14 bits per heavy atom. The summed E-state index contributed by atoms with van der Waals surface area (Å²) in [5, 5.41) is 19.7. The molecule has 0 unspecified atom stereocenters. The molecule has 4 aromatic rings. The Kier molecular flexibility index (Phi) is 5.32. The third kappa shape index (κ3) is 4.01. The molecule has 0 bridgehead atoms. The molecule has 0 fully saturated rings. The Labute approximate surface area is 176 Å². The molecule has 0 radical (unpaired) electrons. The van der Waals surface area contributed by atoms with Crippen molar-refractivity contribution in [1.82, 2.24) is 25.1 Å². The lowest BCUT2D eigenvalue weighted by Gasteiger charge is -2.11. The summed E-state index contributed by atoms with van der Waals surface area (Å²) in [5.41, 5.74) is 3.25. The highest BCUT2D eigenvalue weighted by atomic mass is 32.1. The van der Waals surface area contributed by atoms with E-state index in [0.717, 1.165) is 39.0 Å². The van der Waals surface area contributed by atoms with Crippen molar-refractivity contribution >= 4 is 45.2 Å². The van der Waals surface area contributed by atoms with Crippen LogP contribution in [0.15, 0.2) is 48.5 Å². The minimum atomic E-state index is -0.233. The molecule has 9 heteroatoms. The number of aromatic nitrogens is 4. The Morgan fingerprint density at radius 2 is 1.90 bits per heavy atom. The van der Waals surface area contributed by atoms with Crippen molar-refractivity contribution in [3.8, 4) is 10.6 Å². The zero-order chi connectivity index (χ0) is 20.4. The molecular formula is C20H18N6OS2. The summed E-state index contributed by atoms with van der Waals surface area (Å²) < 4.78 is 1.78. The summed E-state index contributed by atoms with van der Waals surface area (Å²) in [4.78, 5) is 13.1. The molecule has 0 atom stereocenters. The monoisotopic (exact) mass is 422 g/mol. The van der Waals surface area contributed by atoms with Crippen molar-refractivity contribution in [2.24, 2.45) is 0 Å². The smallest absolute Gasteiger partial charge is 0.257 e. The lowest BCUT2D eigenvalue weighted by Crippen LogP contribution is -2.34. The van der Waals surface area contributed by atoms with Crippen LogP contribution in [0.3, 0.4) is 0 Å². The van der Waals surface area contributed by atoms with Gasteiger partial charge in [0.25, 0.3) is 5.91 Å². The van der Waals surface area contributed by atoms with E-state index >= 15 is 0 Å². The summed E-state index contributed by atoms with van der Waals surface area (Å²) in [6, 6.07) is 15.1. The maximum atomic E-state index is 12.4. The van der Waals surface area contributed by atoms with E-state index in [1.54, 1.807) is 10.6 Å². The molecule has 146 valence electrons. The fourth-order valence-electron chi connectivity index (χ4n) is 2.85. The summed E-state index contributed by atoms with van der Waals surface area (Å²) in [5.74, 6) is 0.610. The maximum Gasteiger partial charge on any atom is 0.257 e. The normalized spacial score (nSPS) is 10.8. The van der Waals surface area contributed by atoms with Crippen LogP contribution in [0.5, 0.6) is 0 Å². The van der Waals surface area contributed by atoms with Crippen LogP contribution in [0.1, 0.15) is 28.7 Å². The number of hydrogen-bond acceptors (Lipinski definition) is 6. The van der Waals surface area contributed by atoms with Gasteiger partial charge in [-0.1, -0.05) is 36.5 Å². The van der Waals surface area contributed by atoms with Crippen LogP contribution in [-0.4, -0.2) is 30.8 Å². The first-order valence-electron chi connectivity index (χ1n) is 9.04. The molecule has 2 aromatic carbocycles. The van der Waals surface area contributed by atoms with Crippen LogP contribution in [0.25, 0.3) is 15.5 Å². The lowest BCUT2D eigenvalue weighted by molar-refractivity contribution is 0.0977. The molecule has 7 nitrogen and oxygen atoms in total. The van der Waals surface area contributed by atoms with E-state index < -0.39 is 0 Å². The molecule has 2 heterocycles. The number of nitrogens with zero attached hydrogens (tertiary/aromatic N) is 4. The molecule has 1 amide bonds. The van der Waals surface area contributed by atoms with Gasteiger partial charge in [-0.3, -0.25) is 10.1 Å². The fourth-order valence-corrected chi connectivity index (χ4v) is 3.93. The van der Waals surface area contributed by atoms with Crippen molar-refractivity contribution in [2.45, 2.75) is 20.3 Å². The molecule has 0 aliphatic rings. The molecule has 0 saturated heterocycles. The maximum absolute atomic E-state index is 12.4. The van der Waals surface area contributed by atoms with E-state index in [1.165, 1.54) is 11.3 Å². The summed E-state index contributed by atoms with van der Waals surface area (Å²) in [7, 11) is 0. The topological polar surface area (TPSA) is 84.2 Å². The lowest BCUT2D eigenvalue weighted by atomic mass is 10.1. The van der Waals surface area contributed by atoms with Crippen LogP contribution >= 0.6 is 23.6 Å². The molecular weight excluding hydrogens is 404 g/mol. The summed E-state index contributed by atoms with van der Waals surface area (Å²) >= 11 is 6.76. The van der Waals surface area contributed by atoms with E-state index in [9.17, 15) is 4.79 Å². The Hall–Kier alpha value is -3.17. The number of benzene rings is 2. The van der Waals surface area contributed by atoms with E-state index in [1.807, 2.05) is 56.3 Å². The Morgan fingerprint density at radius 3 is 2.62 bits per heavy atom. The minimum Gasteiger partial charge on any atom is -0.332 e. The van der Waals surface area contributed by atoms with Gasteiger partial charge in [0, 0.05) is 23.2 Å². The predicted octanol–water partition coefficient (Wildman–Crippen LogP) is 3.85. The third-order valence-electron chi connectivity index (χ3n) is 4.38. The number of rotatable bonds is 4. The second kappa shape index (κ2) is 8.06. The number of nitrogens with one attached hydrogen (secondary N) is 2. The molecule has 0 aliphatic carbocycles. The van der Waals surface area contributed by atoms with E-state index in [2.05, 4.69) is 25.9 Å². The van der Waals surface area contributed by atoms with Crippen LogP contribution in [0, 0.1) is 6.92 Å². The predicted molar refractivity (Wildman–Crippen MR) is 118 cm³/mol. The largest absolute Gasteiger partial charge is 0.332 e. The van der Waals surface area contributed by atoms with E-state index in [-0.39, 0.29) is 11.0 Å². The molecule has 0 saturated carbocycles. The fraction of sp³-hybridized carbons (Fsp3) is 0.150. The highest BCUT2D eigenvalue weighted by Gasteiger charge is 2.13. The number of amides is 1. The average molecular weight is 423 g/mol. The summed E-state index contributed by atoms with van der Waals surface area (Å²) in [6.45, 7) is 3.91. The highest BCUT2D eigenvalue weighted by Crippen LogP contribution is 2.26. The number of carbonyl (C=O) groups is 1. The van der Waals surface area contributed by atoms with Crippen molar-refractivity contribution in [1.29, 1.82) is 0 Å². The van der Waals surface area contributed by atoms with Crippen LogP contribution < -0.4 is 10.6 Å². The van der Waals surface area contributed by atoms with Crippen LogP contribution in [0.4, 0.5) is 5.69 Å². The van der Waals surface area contributed by atoms with Gasteiger partial charge in [0.05, 0.1) is 0 Å². The quantitative estimate of drug-likeness (QED) is 0.486. The van der Waals surface area contributed by atoms with Gasteiger partial charge in [-0.15, -0.1) is 10.2 Å². The Bertz CT molecular complexity index is 1200. The average Bonchev–Trinajstić information content (AvgIpc) is 3.29. The number of fused-ring (bicyclic) bond motifs is 1. The highest BCUT2D eigenvalue weighted by molar-refractivity contribution is 7.80. The number of thiocarbonyl (C=S) groups is 1. The zero-order valence-electron chi connectivity index (χ0n) is 15.8. The second-order valence-electron chi connectivity index (χ2n) is 6.37. The van der Waals surface area contributed by atoms with Gasteiger partial charge >= 0.3 is 0 Å². The standard InChI is InChI=1S/C20H18N6OS2/c1-3-16-23-24-20-26(16)25-18(29-20)13-8-10-14(11-9-13)21-19(28)22-17(27)15-7-5-4-6-12(15)2/h4-11H,3H2,1-2H3,(H2,21,22,27,28). The number of aryl methyl sites for hydroxylation is 2. The minimum absolute atomic E-state index is 0.233. The van der Waals surface area contributed by atoms with Gasteiger partial charge in [-0.2, -0.15) is 9.61 Å². The van der Waals surface area contributed by atoms with Crippen LogP contribution in [0.2, 0.25) is 0 Å². The van der Waals surface area contributed by atoms with Crippen LogP contribution in [-0.2, 0) is 6.42 Å². The van der Waals surface area contributed by atoms with Gasteiger partial charge in [-0.25, -0.2) is 0 Å². The SMILES string of the molecule is CCc1nnc2sc(-c3ccc(NC(=S)NC(=O)c4ccccc4C)cc3)nn12. The number of carbonyl (C=O) groups excluding carboxylic acids is 1. The van der Waals surface area contributed by atoms with Crippen molar-refractivity contribution in [3.63, 3.8) is 0 Å². The third-order valence-corrected chi connectivity index (χ3v) is 5.53. The first-order valence-corrected chi connectivity index (χ1v) is 10.3. The van der Waals surface area contributed by atoms with Crippen molar-refractivity contribution < 1.29 is 4.79 Å². The molecule has 2 N–H and O–H groups in total. The molecule has 0 spiro atoms. The first-order chi connectivity index (χ1) is 14.0. The molecule has 29 heavy (non-hydrogen) atoms. The number of anilines is 1. The molecule has 4 rings (SSSR count). The van der Waals surface area contributed by atoms with Gasteiger partial charge in [0.1, 0.15) is 5.01 Å². The van der Waals surface area contributed by atoms with Gasteiger partial charge in [0.15, 0.2) is 10.9 Å².